The van der Waals surface area contributed by atoms with E-state index in [1.165, 1.54) is 0 Å². The lowest BCUT2D eigenvalue weighted by molar-refractivity contribution is 0.0456. The highest BCUT2D eigenvalue weighted by Gasteiger charge is 2.29. The van der Waals surface area contributed by atoms with Gasteiger partial charge >= 0.3 is 6.09 Å². The molecule has 1 amide bonds. The van der Waals surface area contributed by atoms with Crippen LogP contribution >= 0.6 is 0 Å². The fourth-order valence-corrected chi connectivity index (χ4v) is 1.89. The summed E-state index contributed by atoms with van der Waals surface area (Å²) in [4.78, 5) is 11.7. The fraction of sp³-hybridized carbons (Fsp3) is 0.917. The molecule has 4 heteroatoms. The molecule has 0 spiro atoms. The molecule has 2 N–H and O–H groups in total. The van der Waals surface area contributed by atoms with E-state index in [0.717, 1.165) is 32.4 Å². The Morgan fingerprint density at radius 2 is 2.00 bits per heavy atom. The predicted octanol–water partition coefficient (Wildman–Crippen LogP) is 2.04. The van der Waals surface area contributed by atoms with Crippen LogP contribution in [0.4, 0.5) is 4.79 Å². The van der Waals surface area contributed by atoms with Gasteiger partial charge in [-0.05, 0) is 60.0 Å². The molecule has 0 radical (unpaired) electrons. The van der Waals surface area contributed by atoms with Crippen molar-refractivity contribution in [2.24, 2.45) is 0 Å². The topological polar surface area (TPSA) is 50.4 Å². The Kier molecular flexibility index (Phi) is 4.19. The van der Waals surface area contributed by atoms with Crippen molar-refractivity contribution in [3.8, 4) is 0 Å². The highest BCUT2D eigenvalue weighted by Crippen LogP contribution is 2.19. The summed E-state index contributed by atoms with van der Waals surface area (Å²) in [5.41, 5.74) is -0.560. The van der Waals surface area contributed by atoms with Crippen LogP contribution in [0.15, 0.2) is 0 Å². The van der Waals surface area contributed by atoms with Crippen LogP contribution in [0.25, 0.3) is 0 Å². The van der Waals surface area contributed by atoms with E-state index in [-0.39, 0.29) is 11.6 Å². The van der Waals surface area contributed by atoms with Gasteiger partial charge in [0.2, 0.25) is 0 Å². The third kappa shape index (κ3) is 4.84. The summed E-state index contributed by atoms with van der Waals surface area (Å²) in [6, 6.07) is 0. The van der Waals surface area contributed by atoms with Crippen molar-refractivity contribution in [2.45, 2.75) is 58.1 Å². The first kappa shape index (κ1) is 13.3. The van der Waals surface area contributed by atoms with Gasteiger partial charge in [-0.2, -0.15) is 0 Å². The normalized spacial score (nSPS) is 27.0. The molecule has 16 heavy (non-hydrogen) atoms. The third-order valence-corrected chi connectivity index (χ3v) is 2.74. The molecule has 1 saturated heterocycles. The molecule has 1 aliphatic rings. The van der Waals surface area contributed by atoms with Gasteiger partial charge in [0.25, 0.3) is 0 Å². The first-order chi connectivity index (χ1) is 7.31. The van der Waals surface area contributed by atoms with E-state index in [9.17, 15) is 4.79 Å². The first-order valence-electron chi connectivity index (χ1n) is 6.03. The molecule has 4 nitrogen and oxygen atoms in total. The van der Waals surface area contributed by atoms with Gasteiger partial charge in [0.15, 0.2) is 0 Å². The van der Waals surface area contributed by atoms with Crippen LogP contribution in [0.2, 0.25) is 0 Å². The largest absolute Gasteiger partial charge is 0.444 e. The maximum atomic E-state index is 11.7. The Morgan fingerprint density at radius 3 is 2.62 bits per heavy atom. The number of rotatable bonds is 1. The van der Waals surface area contributed by atoms with Crippen LogP contribution < -0.4 is 10.6 Å². The summed E-state index contributed by atoms with van der Waals surface area (Å²) in [5.74, 6) is 0. The number of nitrogens with one attached hydrogen (secondary N) is 2. The standard InChI is InChI=1S/C12H24N2O2/c1-11(2,3)16-10(15)14-12(4)6-5-8-13-9-7-12/h13H,5-9H2,1-4H3,(H,14,15). The van der Waals surface area contributed by atoms with Crippen LogP contribution in [0.5, 0.6) is 0 Å². The lowest BCUT2D eigenvalue weighted by Crippen LogP contribution is -2.48. The summed E-state index contributed by atoms with van der Waals surface area (Å²) in [7, 11) is 0. The summed E-state index contributed by atoms with van der Waals surface area (Å²) < 4.78 is 5.28. The molecule has 1 atom stereocenters. The molecule has 1 heterocycles. The van der Waals surface area contributed by atoms with E-state index in [2.05, 4.69) is 17.6 Å². The highest BCUT2D eigenvalue weighted by atomic mass is 16.6. The number of amides is 1. The number of ether oxygens (including phenoxy) is 1. The van der Waals surface area contributed by atoms with Gasteiger partial charge in [0, 0.05) is 5.54 Å². The zero-order chi connectivity index (χ0) is 12.2. The molecule has 0 saturated carbocycles. The number of alkyl carbamates (subject to hydrolysis) is 1. The van der Waals surface area contributed by atoms with Crippen LogP contribution in [-0.4, -0.2) is 30.3 Å². The van der Waals surface area contributed by atoms with Crippen LogP contribution in [0.1, 0.15) is 47.0 Å². The van der Waals surface area contributed by atoms with Crippen molar-refractivity contribution < 1.29 is 9.53 Å². The molecule has 0 bridgehead atoms. The minimum atomic E-state index is -0.427. The van der Waals surface area contributed by atoms with Gasteiger partial charge in [-0.1, -0.05) is 0 Å². The van der Waals surface area contributed by atoms with Crippen molar-refractivity contribution in [1.82, 2.24) is 10.6 Å². The Labute approximate surface area is 98.1 Å². The maximum Gasteiger partial charge on any atom is 0.408 e. The van der Waals surface area contributed by atoms with Gasteiger partial charge in [0.1, 0.15) is 5.60 Å². The van der Waals surface area contributed by atoms with Gasteiger partial charge in [-0.15, -0.1) is 0 Å². The second-order valence-electron chi connectivity index (χ2n) is 5.79. The smallest absolute Gasteiger partial charge is 0.408 e. The van der Waals surface area contributed by atoms with Crippen LogP contribution in [-0.2, 0) is 4.74 Å². The zero-order valence-corrected chi connectivity index (χ0v) is 10.9. The second-order valence-corrected chi connectivity index (χ2v) is 5.79. The Morgan fingerprint density at radius 1 is 1.31 bits per heavy atom. The van der Waals surface area contributed by atoms with Gasteiger partial charge in [-0.25, -0.2) is 4.79 Å². The van der Waals surface area contributed by atoms with E-state index >= 15 is 0 Å². The van der Waals surface area contributed by atoms with E-state index < -0.39 is 5.60 Å². The molecular formula is C12H24N2O2. The van der Waals surface area contributed by atoms with Crippen molar-refractivity contribution >= 4 is 6.09 Å². The zero-order valence-electron chi connectivity index (χ0n) is 10.9. The van der Waals surface area contributed by atoms with Crippen molar-refractivity contribution in [1.29, 1.82) is 0 Å². The van der Waals surface area contributed by atoms with Gasteiger partial charge in [0.05, 0.1) is 0 Å². The molecule has 0 aromatic rings. The molecule has 1 fully saturated rings. The molecule has 1 rings (SSSR count). The molecule has 94 valence electrons. The Hall–Kier alpha value is -0.770. The monoisotopic (exact) mass is 228 g/mol. The van der Waals surface area contributed by atoms with Gasteiger partial charge in [-0.3, -0.25) is 0 Å². The van der Waals surface area contributed by atoms with E-state index in [0.29, 0.717) is 0 Å². The van der Waals surface area contributed by atoms with Crippen molar-refractivity contribution in [2.75, 3.05) is 13.1 Å². The number of hydrogen-bond donors (Lipinski definition) is 2. The average Bonchev–Trinajstić information content (AvgIpc) is 2.25. The fourth-order valence-electron chi connectivity index (χ4n) is 1.89. The van der Waals surface area contributed by atoms with Crippen LogP contribution in [0.3, 0.4) is 0 Å². The molecular weight excluding hydrogens is 204 g/mol. The Bertz CT molecular complexity index is 238. The van der Waals surface area contributed by atoms with Crippen molar-refractivity contribution in [3.63, 3.8) is 0 Å². The molecule has 0 aromatic carbocycles. The lowest BCUT2D eigenvalue weighted by atomic mass is 9.93. The Balaban J connectivity index is 2.47. The molecule has 0 aromatic heterocycles. The minimum absolute atomic E-state index is 0.133. The minimum Gasteiger partial charge on any atom is -0.444 e. The highest BCUT2D eigenvalue weighted by molar-refractivity contribution is 5.68. The van der Waals surface area contributed by atoms with Crippen LogP contribution in [0, 0.1) is 0 Å². The maximum absolute atomic E-state index is 11.7. The lowest BCUT2D eigenvalue weighted by Gasteiger charge is -2.30. The third-order valence-electron chi connectivity index (χ3n) is 2.74. The summed E-state index contributed by atoms with van der Waals surface area (Å²) in [5, 5.41) is 6.32. The van der Waals surface area contributed by atoms with E-state index in [4.69, 9.17) is 4.74 Å². The SMILES string of the molecule is CC1(NC(=O)OC(C)(C)C)CCCNCC1. The van der Waals surface area contributed by atoms with E-state index in [1.54, 1.807) is 0 Å². The number of carbonyl (C=O) groups excluding carboxylic acids is 1. The molecule has 0 aliphatic carbocycles. The van der Waals surface area contributed by atoms with Gasteiger partial charge < -0.3 is 15.4 Å². The quantitative estimate of drug-likeness (QED) is 0.722. The summed E-state index contributed by atoms with van der Waals surface area (Å²) in [6.07, 6.45) is 2.73. The second kappa shape index (κ2) is 5.04. The number of carbonyl (C=O) groups is 1. The molecule has 1 unspecified atom stereocenters. The van der Waals surface area contributed by atoms with Crippen molar-refractivity contribution in [3.05, 3.63) is 0 Å². The summed E-state index contributed by atoms with van der Waals surface area (Å²) in [6.45, 7) is 9.71. The predicted molar refractivity (Wildman–Crippen MR) is 64.5 cm³/mol. The summed E-state index contributed by atoms with van der Waals surface area (Å²) >= 11 is 0. The average molecular weight is 228 g/mol. The van der Waals surface area contributed by atoms with E-state index in [1.807, 2.05) is 20.8 Å². The first-order valence-corrected chi connectivity index (χ1v) is 6.03. The number of hydrogen-bond acceptors (Lipinski definition) is 3. The molecule has 1 aliphatic heterocycles.